The van der Waals surface area contributed by atoms with Gasteiger partial charge in [-0.3, -0.25) is 4.90 Å². The second kappa shape index (κ2) is 7.04. The molecule has 1 fully saturated rings. The minimum absolute atomic E-state index is 0.253. The number of hydrogen-bond donors (Lipinski definition) is 1. The van der Waals surface area contributed by atoms with Crippen LogP contribution in [0.15, 0.2) is 30.3 Å². The fourth-order valence-electron chi connectivity index (χ4n) is 2.96. The SMILES string of the molecule is CC1CCN(C)CC(CO)N1CCc1ccccc1. The molecule has 0 amide bonds. The van der Waals surface area contributed by atoms with E-state index in [0.717, 1.165) is 26.1 Å². The van der Waals surface area contributed by atoms with Gasteiger partial charge in [0.15, 0.2) is 0 Å². The molecule has 0 spiro atoms. The van der Waals surface area contributed by atoms with Crippen LogP contribution in [0.1, 0.15) is 18.9 Å². The Morgan fingerprint density at radius 3 is 2.68 bits per heavy atom. The molecule has 1 aliphatic rings. The average Bonchev–Trinajstić information content (AvgIpc) is 2.57. The first-order valence-electron chi connectivity index (χ1n) is 7.29. The number of nitrogens with zero attached hydrogens (tertiary/aromatic N) is 2. The molecule has 2 atom stereocenters. The largest absolute Gasteiger partial charge is 0.395 e. The van der Waals surface area contributed by atoms with E-state index in [9.17, 15) is 5.11 Å². The lowest BCUT2D eigenvalue weighted by Crippen LogP contribution is -2.47. The van der Waals surface area contributed by atoms with Gasteiger partial charge in [0.05, 0.1) is 6.61 Å². The topological polar surface area (TPSA) is 26.7 Å². The maximum atomic E-state index is 9.65. The van der Waals surface area contributed by atoms with Gasteiger partial charge in [0.2, 0.25) is 0 Å². The Morgan fingerprint density at radius 2 is 2.00 bits per heavy atom. The van der Waals surface area contributed by atoms with E-state index >= 15 is 0 Å². The van der Waals surface area contributed by atoms with E-state index in [1.165, 1.54) is 12.0 Å². The molecule has 0 aromatic heterocycles. The van der Waals surface area contributed by atoms with E-state index in [1.807, 2.05) is 0 Å². The smallest absolute Gasteiger partial charge is 0.0599 e. The van der Waals surface area contributed by atoms with Crippen molar-refractivity contribution in [2.75, 3.05) is 33.3 Å². The second-order valence-electron chi connectivity index (χ2n) is 5.71. The van der Waals surface area contributed by atoms with Crippen LogP contribution in [-0.4, -0.2) is 60.3 Å². The third-order valence-electron chi connectivity index (χ3n) is 4.20. The van der Waals surface area contributed by atoms with Gasteiger partial charge in [-0.25, -0.2) is 0 Å². The van der Waals surface area contributed by atoms with Crippen molar-refractivity contribution in [2.45, 2.75) is 31.8 Å². The van der Waals surface area contributed by atoms with Crippen molar-refractivity contribution in [3.05, 3.63) is 35.9 Å². The maximum Gasteiger partial charge on any atom is 0.0599 e. The Labute approximate surface area is 116 Å². The summed E-state index contributed by atoms with van der Waals surface area (Å²) in [7, 11) is 2.15. The molecule has 0 saturated carbocycles. The lowest BCUT2D eigenvalue weighted by Gasteiger charge is -2.33. The minimum atomic E-state index is 0.253. The van der Waals surface area contributed by atoms with Gasteiger partial charge < -0.3 is 10.0 Å². The van der Waals surface area contributed by atoms with E-state index in [-0.39, 0.29) is 12.6 Å². The Bertz CT molecular complexity index is 368. The first-order valence-corrected chi connectivity index (χ1v) is 7.29. The standard InChI is InChI=1S/C16H26N2O/c1-14-8-10-17(2)12-16(13-19)18(14)11-9-15-6-4-3-5-7-15/h3-7,14,16,19H,8-13H2,1-2H3. The lowest BCUT2D eigenvalue weighted by molar-refractivity contribution is 0.0904. The molecule has 0 radical (unpaired) electrons. The van der Waals surface area contributed by atoms with E-state index < -0.39 is 0 Å². The zero-order valence-electron chi connectivity index (χ0n) is 12.1. The van der Waals surface area contributed by atoms with Crippen LogP contribution in [0, 0.1) is 0 Å². The summed E-state index contributed by atoms with van der Waals surface area (Å²) in [4.78, 5) is 4.82. The molecule has 1 saturated heterocycles. The Morgan fingerprint density at radius 1 is 1.26 bits per heavy atom. The summed E-state index contributed by atoms with van der Waals surface area (Å²) in [6, 6.07) is 11.4. The molecule has 19 heavy (non-hydrogen) atoms. The molecule has 1 aromatic rings. The molecular weight excluding hydrogens is 236 g/mol. The van der Waals surface area contributed by atoms with E-state index in [0.29, 0.717) is 6.04 Å². The second-order valence-corrected chi connectivity index (χ2v) is 5.71. The number of aliphatic hydroxyl groups excluding tert-OH is 1. The first kappa shape index (κ1) is 14.5. The molecule has 106 valence electrons. The van der Waals surface area contributed by atoms with Crippen molar-refractivity contribution >= 4 is 0 Å². The zero-order valence-corrected chi connectivity index (χ0v) is 12.1. The number of hydrogen-bond acceptors (Lipinski definition) is 3. The summed E-state index contributed by atoms with van der Waals surface area (Å²) >= 11 is 0. The van der Waals surface area contributed by atoms with Crippen LogP contribution < -0.4 is 0 Å². The molecule has 1 heterocycles. The van der Waals surface area contributed by atoms with Gasteiger partial charge in [-0.2, -0.15) is 0 Å². The summed E-state index contributed by atoms with van der Waals surface area (Å²) < 4.78 is 0. The van der Waals surface area contributed by atoms with E-state index in [2.05, 4.69) is 54.1 Å². The molecule has 1 N–H and O–H groups in total. The van der Waals surface area contributed by atoms with Crippen LogP contribution in [0.25, 0.3) is 0 Å². The van der Waals surface area contributed by atoms with Gasteiger partial charge in [0.25, 0.3) is 0 Å². The highest BCUT2D eigenvalue weighted by molar-refractivity contribution is 5.15. The normalized spacial score (nSPS) is 26.3. The van der Waals surface area contributed by atoms with E-state index in [1.54, 1.807) is 0 Å². The summed E-state index contributed by atoms with van der Waals surface area (Å²) in [5, 5.41) is 9.65. The molecule has 0 aliphatic carbocycles. The Balaban J connectivity index is 1.98. The predicted molar refractivity (Wildman–Crippen MR) is 79.3 cm³/mol. The molecule has 3 nitrogen and oxygen atoms in total. The van der Waals surface area contributed by atoms with Crippen molar-refractivity contribution < 1.29 is 5.11 Å². The quantitative estimate of drug-likeness (QED) is 0.893. The van der Waals surface area contributed by atoms with Crippen LogP contribution >= 0.6 is 0 Å². The molecular formula is C16H26N2O. The number of aliphatic hydroxyl groups is 1. The van der Waals surface area contributed by atoms with Crippen LogP contribution in [0.2, 0.25) is 0 Å². The van der Waals surface area contributed by atoms with Crippen molar-refractivity contribution in [2.24, 2.45) is 0 Å². The average molecular weight is 262 g/mol. The van der Waals surface area contributed by atoms with E-state index in [4.69, 9.17) is 0 Å². The van der Waals surface area contributed by atoms with Gasteiger partial charge in [-0.15, -0.1) is 0 Å². The van der Waals surface area contributed by atoms with Crippen LogP contribution in [-0.2, 0) is 6.42 Å². The zero-order chi connectivity index (χ0) is 13.7. The molecule has 1 aliphatic heterocycles. The maximum absolute atomic E-state index is 9.65. The molecule has 2 unspecified atom stereocenters. The monoisotopic (exact) mass is 262 g/mol. The Kier molecular flexibility index (Phi) is 5.37. The van der Waals surface area contributed by atoms with Crippen LogP contribution in [0.4, 0.5) is 0 Å². The number of likely N-dealkylation sites (N-methyl/N-ethyl adjacent to an activating group) is 1. The fraction of sp³-hybridized carbons (Fsp3) is 0.625. The summed E-state index contributed by atoms with van der Waals surface area (Å²) in [6.07, 6.45) is 2.24. The van der Waals surface area contributed by atoms with Gasteiger partial charge in [-0.05, 0) is 38.9 Å². The summed E-state index contributed by atoms with van der Waals surface area (Å²) in [5.74, 6) is 0. The predicted octanol–water partition coefficient (Wildman–Crippen LogP) is 1.62. The van der Waals surface area contributed by atoms with Crippen molar-refractivity contribution in [3.63, 3.8) is 0 Å². The highest BCUT2D eigenvalue weighted by Crippen LogP contribution is 2.16. The Hall–Kier alpha value is -0.900. The highest BCUT2D eigenvalue weighted by atomic mass is 16.3. The summed E-state index contributed by atoms with van der Waals surface area (Å²) in [5.41, 5.74) is 1.38. The van der Waals surface area contributed by atoms with Gasteiger partial charge in [0, 0.05) is 25.2 Å². The van der Waals surface area contributed by atoms with Crippen LogP contribution in [0.3, 0.4) is 0 Å². The molecule has 1 aromatic carbocycles. The molecule has 0 bridgehead atoms. The third kappa shape index (κ3) is 4.03. The van der Waals surface area contributed by atoms with Crippen molar-refractivity contribution in [1.82, 2.24) is 9.80 Å². The van der Waals surface area contributed by atoms with Gasteiger partial charge in [0.1, 0.15) is 0 Å². The molecule has 2 rings (SSSR count). The highest BCUT2D eigenvalue weighted by Gasteiger charge is 2.27. The summed E-state index contributed by atoms with van der Waals surface area (Å²) in [6.45, 7) is 5.66. The first-order chi connectivity index (χ1) is 9.20. The van der Waals surface area contributed by atoms with Crippen molar-refractivity contribution in [1.29, 1.82) is 0 Å². The minimum Gasteiger partial charge on any atom is -0.395 e. The fourth-order valence-corrected chi connectivity index (χ4v) is 2.96. The number of benzene rings is 1. The third-order valence-corrected chi connectivity index (χ3v) is 4.20. The molecule has 3 heteroatoms. The van der Waals surface area contributed by atoms with Crippen LogP contribution in [0.5, 0.6) is 0 Å². The van der Waals surface area contributed by atoms with Gasteiger partial charge >= 0.3 is 0 Å². The van der Waals surface area contributed by atoms with Gasteiger partial charge in [-0.1, -0.05) is 30.3 Å². The lowest BCUT2D eigenvalue weighted by atomic mass is 10.1. The number of rotatable bonds is 4. The van der Waals surface area contributed by atoms with Crippen molar-refractivity contribution in [3.8, 4) is 0 Å².